The highest BCUT2D eigenvalue weighted by Crippen LogP contribution is 2.27. The lowest BCUT2D eigenvalue weighted by Crippen LogP contribution is -2.36. The monoisotopic (exact) mass is 303 g/mol. The summed E-state index contributed by atoms with van der Waals surface area (Å²) in [6.45, 7) is 0.407. The van der Waals surface area contributed by atoms with Crippen molar-refractivity contribution >= 4 is 5.69 Å². The predicted octanol–water partition coefficient (Wildman–Crippen LogP) is 3.26. The zero-order valence-corrected chi connectivity index (χ0v) is 11.9. The van der Waals surface area contributed by atoms with Gasteiger partial charge in [-0.2, -0.15) is 14.0 Å². The van der Waals surface area contributed by atoms with Crippen LogP contribution in [-0.2, 0) is 4.74 Å². The molecule has 2 aromatic rings. The first kappa shape index (κ1) is 14.5. The molecule has 6 heteroatoms. The number of alkyl halides is 2. The number of ether oxygens (including phenoxy) is 1. The van der Waals surface area contributed by atoms with Crippen LogP contribution in [0.2, 0.25) is 0 Å². The van der Waals surface area contributed by atoms with E-state index in [9.17, 15) is 8.78 Å². The lowest BCUT2D eigenvalue weighted by molar-refractivity contribution is 0.0699. The lowest BCUT2D eigenvalue weighted by Gasteiger charge is -2.28. The smallest absolute Gasteiger partial charge is 0.319 e. The molecule has 1 fully saturated rings. The van der Waals surface area contributed by atoms with Gasteiger partial charge in [0, 0.05) is 30.5 Å². The summed E-state index contributed by atoms with van der Waals surface area (Å²) in [5, 5.41) is 8.92. The molecule has 2 heterocycles. The minimum atomic E-state index is -2.71. The number of anilines is 1. The summed E-state index contributed by atoms with van der Waals surface area (Å²) in [5.41, 5.74) is 2.47. The molecule has 0 aliphatic carbocycles. The molecule has 1 aromatic carbocycles. The van der Waals surface area contributed by atoms with E-state index in [1.54, 1.807) is 6.07 Å². The van der Waals surface area contributed by atoms with Crippen LogP contribution in [0.25, 0.3) is 11.1 Å². The second-order valence-electron chi connectivity index (χ2n) is 5.06. The second kappa shape index (κ2) is 6.16. The molecule has 0 spiro atoms. The largest absolute Gasteiger partial charge is 0.378 e. The van der Waals surface area contributed by atoms with Crippen LogP contribution in [0.3, 0.4) is 0 Å². The number of hydrogen-bond acceptors (Lipinski definition) is 3. The fraction of sp³-hybridized carbons (Fsp3) is 0.312. The fourth-order valence-corrected chi connectivity index (χ4v) is 2.57. The van der Waals surface area contributed by atoms with Crippen LogP contribution in [0, 0.1) is 11.3 Å². The van der Waals surface area contributed by atoms with Gasteiger partial charge in [0.2, 0.25) is 0 Å². The van der Waals surface area contributed by atoms with Crippen molar-refractivity contribution in [1.82, 2.24) is 4.57 Å². The number of aromatic nitrogens is 1. The molecule has 22 heavy (non-hydrogen) atoms. The Balaban J connectivity index is 1.85. The van der Waals surface area contributed by atoms with Crippen LogP contribution in [0.15, 0.2) is 36.5 Å². The number of benzene rings is 1. The van der Waals surface area contributed by atoms with Crippen molar-refractivity contribution in [3.63, 3.8) is 0 Å². The molecule has 0 radical (unpaired) electrons. The van der Waals surface area contributed by atoms with Gasteiger partial charge < -0.3 is 9.64 Å². The van der Waals surface area contributed by atoms with E-state index in [1.807, 2.05) is 24.3 Å². The third-order valence-electron chi connectivity index (χ3n) is 3.75. The first-order valence-electron chi connectivity index (χ1n) is 7.02. The van der Waals surface area contributed by atoms with Crippen LogP contribution in [0.4, 0.5) is 14.5 Å². The van der Waals surface area contributed by atoms with E-state index in [1.165, 1.54) is 12.3 Å². The highest BCUT2D eigenvalue weighted by molar-refractivity contribution is 5.67. The lowest BCUT2D eigenvalue weighted by atomic mass is 10.1. The highest BCUT2D eigenvalue weighted by Gasteiger charge is 2.15. The fourth-order valence-electron chi connectivity index (χ4n) is 2.57. The van der Waals surface area contributed by atoms with Crippen LogP contribution in [-0.4, -0.2) is 30.9 Å². The van der Waals surface area contributed by atoms with Gasteiger partial charge in [0.15, 0.2) is 0 Å². The van der Waals surface area contributed by atoms with Crippen molar-refractivity contribution in [2.24, 2.45) is 0 Å². The topological polar surface area (TPSA) is 41.2 Å². The number of morpholine rings is 1. The van der Waals surface area contributed by atoms with E-state index < -0.39 is 6.55 Å². The Morgan fingerprint density at radius 3 is 2.32 bits per heavy atom. The van der Waals surface area contributed by atoms with Crippen LogP contribution in [0.1, 0.15) is 12.2 Å². The molecule has 1 aliphatic heterocycles. The average Bonchev–Trinajstić information content (AvgIpc) is 3.00. The minimum Gasteiger partial charge on any atom is -0.378 e. The van der Waals surface area contributed by atoms with Crippen molar-refractivity contribution in [1.29, 1.82) is 5.26 Å². The van der Waals surface area contributed by atoms with Crippen molar-refractivity contribution in [2.45, 2.75) is 6.55 Å². The predicted molar refractivity (Wildman–Crippen MR) is 78.9 cm³/mol. The van der Waals surface area contributed by atoms with Gasteiger partial charge in [0.05, 0.1) is 13.2 Å². The van der Waals surface area contributed by atoms with Gasteiger partial charge >= 0.3 is 6.55 Å². The normalized spacial score (nSPS) is 15.1. The Labute approximate surface area is 127 Å². The highest BCUT2D eigenvalue weighted by atomic mass is 19.3. The number of hydrogen-bond donors (Lipinski definition) is 0. The molecular formula is C16H15F2N3O. The third kappa shape index (κ3) is 2.81. The SMILES string of the molecule is N#Cc1cc(-c2ccc(N3CCOCC3)cc2)cn1C(F)F. The molecule has 1 saturated heterocycles. The first-order valence-corrected chi connectivity index (χ1v) is 7.02. The van der Waals surface area contributed by atoms with E-state index in [0.717, 1.165) is 24.3 Å². The van der Waals surface area contributed by atoms with Crippen LogP contribution in [0.5, 0.6) is 0 Å². The van der Waals surface area contributed by atoms with Gasteiger partial charge in [0.1, 0.15) is 11.8 Å². The molecule has 4 nitrogen and oxygen atoms in total. The second-order valence-corrected chi connectivity index (χ2v) is 5.06. The molecule has 114 valence electrons. The maximum absolute atomic E-state index is 12.8. The summed E-state index contributed by atoms with van der Waals surface area (Å²) < 4.78 is 31.7. The molecule has 0 bridgehead atoms. The quantitative estimate of drug-likeness (QED) is 0.874. The van der Waals surface area contributed by atoms with Gasteiger partial charge in [-0.3, -0.25) is 4.57 Å². The molecule has 1 aromatic heterocycles. The Morgan fingerprint density at radius 2 is 1.77 bits per heavy atom. The molecule has 0 amide bonds. The number of nitriles is 1. The van der Waals surface area contributed by atoms with E-state index in [0.29, 0.717) is 23.3 Å². The third-order valence-corrected chi connectivity index (χ3v) is 3.75. The van der Waals surface area contributed by atoms with Gasteiger partial charge in [-0.25, -0.2) is 0 Å². The van der Waals surface area contributed by atoms with E-state index in [-0.39, 0.29) is 5.69 Å². The van der Waals surface area contributed by atoms with Crippen molar-refractivity contribution in [3.8, 4) is 17.2 Å². The Hall–Kier alpha value is -2.39. The number of rotatable bonds is 3. The summed E-state index contributed by atoms with van der Waals surface area (Å²) in [4.78, 5) is 2.22. The molecule has 1 aliphatic rings. The van der Waals surface area contributed by atoms with Crippen molar-refractivity contribution < 1.29 is 13.5 Å². The Morgan fingerprint density at radius 1 is 1.09 bits per heavy atom. The van der Waals surface area contributed by atoms with E-state index in [2.05, 4.69) is 4.90 Å². The van der Waals surface area contributed by atoms with Gasteiger partial charge in [-0.15, -0.1) is 0 Å². The van der Waals surface area contributed by atoms with Gasteiger partial charge in [-0.1, -0.05) is 12.1 Å². The summed E-state index contributed by atoms with van der Waals surface area (Å²) in [6, 6.07) is 11.0. The Bertz CT molecular complexity index is 682. The summed E-state index contributed by atoms with van der Waals surface area (Å²) >= 11 is 0. The van der Waals surface area contributed by atoms with Crippen molar-refractivity contribution in [3.05, 3.63) is 42.2 Å². The van der Waals surface area contributed by atoms with Crippen LogP contribution < -0.4 is 4.90 Å². The molecule has 0 atom stereocenters. The Kier molecular flexibility index (Phi) is 4.07. The van der Waals surface area contributed by atoms with Crippen LogP contribution >= 0.6 is 0 Å². The molecule has 0 unspecified atom stereocenters. The summed E-state index contributed by atoms with van der Waals surface area (Å²) in [7, 11) is 0. The van der Waals surface area contributed by atoms with Gasteiger partial charge in [-0.05, 0) is 23.8 Å². The van der Waals surface area contributed by atoms with E-state index >= 15 is 0 Å². The van der Waals surface area contributed by atoms with Gasteiger partial charge in [0.25, 0.3) is 0 Å². The van der Waals surface area contributed by atoms with E-state index in [4.69, 9.17) is 10.00 Å². The molecule has 3 rings (SSSR count). The maximum Gasteiger partial charge on any atom is 0.319 e. The number of nitrogens with zero attached hydrogens (tertiary/aromatic N) is 3. The summed E-state index contributed by atoms with van der Waals surface area (Å²) in [6.07, 6.45) is 1.31. The molecule has 0 saturated carbocycles. The molecular weight excluding hydrogens is 288 g/mol. The standard InChI is InChI=1S/C16H15F2N3O/c17-16(18)21-11-13(9-15(21)10-19)12-1-3-14(4-2-12)20-5-7-22-8-6-20/h1-4,9,11,16H,5-8H2. The average molecular weight is 303 g/mol. The minimum absolute atomic E-state index is 0.0396. The zero-order valence-electron chi connectivity index (χ0n) is 11.9. The number of halogens is 2. The molecule has 0 N–H and O–H groups in total. The maximum atomic E-state index is 12.8. The first-order chi connectivity index (χ1) is 10.7. The zero-order chi connectivity index (χ0) is 15.5. The summed E-state index contributed by atoms with van der Waals surface area (Å²) in [5.74, 6) is 0. The van der Waals surface area contributed by atoms with Crippen molar-refractivity contribution in [2.75, 3.05) is 31.2 Å².